The van der Waals surface area contributed by atoms with Crippen LogP contribution >= 0.6 is 0 Å². The molecular weight excluding hydrogens is 767 g/mol. The highest BCUT2D eigenvalue weighted by Crippen LogP contribution is 2.40. The summed E-state index contributed by atoms with van der Waals surface area (Å²) in [5.41, 5.74) is 10.0. The average molecular weight is 832 g/mol. The highest BCUT2D eigenvalue weighted by molar-refractivity contribution is 5.85. The number of aryl methyl sites for hydroxylation is 1. The highest BCUT2D eigenvalue weighted by Gasteiger charge is 2.37. The van der Waals surface area contributed by atoms with E-state index in [2.05, 4.69) is 58.9 Å². The van der Waals surface area contributed by atoms with Gasteiger partial charge in [-0.2, -0.15) is 0 Å². The fourth-order valence-electron chi connectivity index (χ4n) is 10.5. The molecule has 10 heteroatoms. The number of ketones is 2. The lowest BCUT2D eigenvalue weighted by atomic mass is 9.70. The molecule has 8 N–H and O–H groups in total. The second-order valence-electron chi connectivity index (χ2n) is 18.0. The van der Waals surface area contributed by atoms with Crippen LogP contribution in [0.15, 0.2) is 78.1 Å². The lowest BCUT2D eigenvalue weighted by molar-refractivity contribution is -0.124. The van der Waals surface area contributed by atoms with Gasteiger partial charge in [-0.05, 0) is 133 Å². The largest absolute Gasteiger partial charge is 0.504 e. The lowest BCUT2D eigenvalue weighted by Gasteiger charge is -2.42. The molecule has 1 saturated heterocycles. The summed E-state index contributed by atoms with van der Waals surface area (Å²) >= 11 is 0. The minimum absolute atomic E-state index is 0.00856. The number of piperidine rings is 1. The third-order valence-electron chi connectivity index (χ3n) is 14.0. The zero-order valence-electron chi connectivity index (χ0n) is 35.7. The first-order chi connectivity index (χ1) is 29.6. The number of rotatable bonds is 17. The van der Waals surface area contributed by atoms with Crippen LogP contribution in [0.2, 0.25) is 0 Å². The molecule has 1 saturated carbocycles. The molecule has 3 aromatic rings. The van der Waals surface area contributed by atoms with Gasteiger partial charge in [0.2, 0.25) is 0 Å². The Morgan fingerprint density at radius 1 is 0.951 bits per heavy atom. The van der Waals surface area contributed by atoms with Crippen molar-refractivity contribution in [2.75, 3.05) is 26.8 Å². The molecule has 0 amide bonds. The Morgan fingerprint density at radius 3 is 2.57 bits per heavy atom. The zero-order valence-corrected chi connectivity index (χ0v) is 35.7. The van der Waals surface area contributed by atoms with Crippen molar-refractivity contribution in [2.24, 2.45) is 29.4 Å². The summed E-state index contributed by atoms with van der Waals surface area (Å²) in [5.74, 6) is 7.73. The predicted molar refractivity (Wildman–Crippen MR) is 239 cm³/mol. The Hall–Kier alpha value is -4.66. The van der Waals surface area contributed by atoms with Gasteiger partial charge in [0.1, 0.15) is 11.7 Å². The van der Waals surface area contributed by atoms with Gasteiger partial charge in [0.05, 0.1) is 25.1 Å². The fraction of sp³-hybridized carbons (Fsp3) is 0.529. The van der Waals surface area contributed by atoms with E-state index in [1.165, 1.54) is 7.11 Å². The molecule has 0 aromatic heterocycles. The number of aliphatic hydroxyl groups is 3. The Bertz CT molecular complexity index is 2140. The Balaban J connectivity index is 1.06. The van der Waals surface area contributed by atoms with Gasteiger partial charge in [0, 0.05) is 50.3 Å². The molecule has 2 aliphatic carbocycles. The van der Waals surface area contributed by atoms with Gasteiger partial charge in [-0.1, -0.05) is 73.2 Å². The monoisotopic (exact) mass is 831 g/mol. The standard InChI is InChI=1S/C51H65N3O7/c1-61-50-26-37-16-20-48(59)43(47(58)10-4-8-32(9-5-23-55)40-25-39-14-18-42(57)29-46(39)54-31-40)19-15-34(45(37)30-49(50)60)13-17-41(56)28-44(38-21-22-53-51(52)27-38)36-12-11-33-6-2-3-7-35(33)24-36/h2-3,6-7,11-12,21,24,26-27,30,32,34,39-41,43-44,46-47,53-56,58,60H,4-5,8-10,13-14,16-18,20,22-23,25,28-29,31,52H2,1H3. The number of ether oxygens (including phenoxy) is 1. The highest BCUT2D eigenvalue weighted by atomic mass is 16.5. The van der Waals surface area contributed by atoms with Gasteiger partial charge in [0.25, 0.3) is 0 Å². The summed E-state index contributed by atoms with van der Waals surface area (Å²) in [7, 11) is 1.50. The van der Waals surface area contributed by atoms with Gasteiger partial charge in [0.15, 0.2) is 17.3 Å². The molecule has 9 unspecified atom stereocenters. The smallest absolute Gasteiger partial charge is 0.160 e. The van der Waals surface area contributed by atoms with Crippen LogP contribution in [-0.4, -0.2) is 77.0 Å². The maximum absolute atomic E-state index is 13.9. The quantitative estimate of drug-likeness (QED) is 0.0727. The van der Waals surface area contributed by atoms with E-state index in [9.17, 15) is 30.0 Å². The molecule has 2 heterocycles. The van der Waals surface area contributed by atoms with Crippen molar-refractivity contribution < 1.29 is 34.8 Å². The van der Waals surface area contributed by atoms with Crippen LogP contribution in [0.3, 0.4) is 0 Å². The molecule has 326 valence electrons. The number of phenolic OH excluding ortho intramolecular Hbond substituents is 1. The number of dihydropyridines is 1. The number of Topliss-reactive ketones (excluding diaryl/α,β-unsaturated/α-hetero) is 2. The third-order valence-corrected chi connectivity index (χ3v) is 14.0. The maximum atomic E-state index is 13.9. The van der Waals surface area contributed by atoms with Crippen LogP contribution in [-0.2, 0) is 16.0 Å². The number of hydrogen-bond donors (Lipinski definition) is 7. The van der Waals surface area contributed by atoms with E-state index < -0.39 is 24.0 Å². The number of nitrogens with one attached hydrogen (secondary N) is 2. The number of carbonyl (C=O) groups excluding carboxylic acids is 2. The summed E-state index contributed by atoms with van der Waals surface area (Å²) in [6.45, 7) is 1.61. The Morgan fingerprint density at radius 2 is 1.77 bits per heavy atom. The second kappa shape index (κ2) is 20.9. The number of fused-ring (bicyclic) bond motifs is 3. The van der Waals surface area contributed by atoms with Gasteiger partial charge < -0.3 is 41.5 Å². The number of methoxy groups -OCH3 is 1. The van der Waals surface area contributed by atoms with Crippen molar-refractivity contribution in [1.29, 1.82) is 0 Å². The van der Waals surface area contributed by atoms with Crippen LogP contribution in [0.1, 0.15) is 112 Å². The van der Waals surface area contributed by atoms with Gasteiger partial charge in [-0.3, -0.25) is 9.59 Å². The summed E-state index contributed by atoms with van der Waals surface area (Å²) in [5, 5.41) is 53.2. The fourth-order valence-corrected chi connectivity index (χ4v) is 10.5. The Labute approximate surface area is 361 Å². The van der Waals surface area contributed by atoms with Crippen LogP contribution in [0.5, 0.6) is 11.5 Å². The molecule has 0 bridgehead atoms. The number of nitrogens with two attached hydrogens (primary N) is 1. The van der Waals surface area contributed by atoms with Crippen molar-refractivity contribution in [1.82, 2.24) is 10.6 Å². The molecule has 4 aliphatic rings. The Kier molecular flexibility index (Phi) is 15.2. The molecule has 2 aliphatic heterocycles. The van der Waals surface area contributed by atoms with Crippen LogP contribution in [0.25, 0.3) is 10.8 Å². The van der Waals surface area contributed by atoms with Gasteiger partial charge in [-0.25, -0.2) is 0 Å². The van der Waals surface area contributed by atoms with Crippen molar-refractivity contribution in [3.05, 3.63) is 94.8 Å². The number of carbonyl (C=O) groups is 2. The number of phenols is 1. The molecule has 9 atom stereocenters. The van der Waals surface area contributed by atoms with E-state index in [1.807, 2.05) is 18.2 Å². The van der Waals surface area contributed by atoms with E-state index in [1.54, 1.807) is 12.1 Å². The van der Waals surface area contributed by atoms with Crippen LogP contribution in [0.4, 0.5) is 0 Å². The minimum Gasteiger partial charge on any atom is -0.504 e. The van der Waals surface area contributed by atoms with Crippen LogP contribution < -0.4 is 21.1 Å². The molecule has 3 aromatic carbocycles. The van der Waals surface area contributed by atoms with E-state index in [4.69, 9.17) is 10.5 Å². The molecular formula is C51H65N3O7. The van der Waals surface area contributed by atoms with Gasteiger partial charge in [-0.15, -0.1) is 0 Å². The molecule has 7 rings (SSSR count). The first-order valence-corrected chi connectivity index (χ1v) is 22.7. The van der Waals surface area contributed by atoms with E-state index in [0.29, 0.717) is 86.6 Å². The summed E-state index contributed by atoms with van der Waals surface area (Å²) in [6.07, 6.45) is 11.4. The molecule has 0 radical (unpaired) electrons. The van der Waals surface area contributed by atoms with E-state index in [-0.39, 0.29) is 36.5 Å². The van der Waals surface area contributed by atoms with Crippen molar-refractivity contribution in [3.8, 4) is 23.3 Å². The van der Waals surface area contributed by atoms with Gasteiger partial charge >= 0.3 is 0 Å². The van der Waals surface area contributed by atoms with Crippen molar-refractivity contribution in [3.63, 3.8) is 0 Å². The number of aliphatic hydroxyl groups excluding tert-OH is 3. The molecule has 2 fully saturated rings. The first-order valence-electron chi connectivity index (χ1n) is 22.7. The van der Waals surface area contributed by atoms with E-state index >= 15 is 0 Å². The third kappa shape index (κ3) is 11.2. The second-order valence-corrected chi connectivity index (χ2v) is 18.0. The van der Waals surface area contributed by atoms with Crippen molar-refractivity contribution in [2.45, 2.75) is 120 Å². The maximum Gasteiger partial charge on any atom is 0.160 e. The predicted octanol–water partition coefficient (Wildman–Crippen LogP) is 6.68. The number of benzene rings is 3. The van der Waals surface area contributed by atoms with Crippen molar-refractivity contribution >= 4 is 22.3 Å². The zero-order chi connectivity index (χ0) is 42.9. The molecule has 0 spiro atoms. The van der Waals surface area contributed by atoms with E-state index in [0.717, 1.165) is 78.1 Å². The SMILES string of the molecule is COc1cc2c(cc1O)C(CCC(O)CC(C1=CCNC(N)=C1)c1ccc3ccccc3c1)C#CC(C(O)CCCC(CCCO)C1CNC3CC(=O)CCC3C1)C(=O)CC2. The lowest BCUT2D eigenvalue weighted by Crippen LogP contribution is -2.50. The summed E-state index contributed by atoms with van der Waals surface area (Å²) < 4.78 is 5.47. The number of hydrogen-bond acceptors (Lipinski definition) is 10. The normalized spacial score (nSPS) is 24.8. The molecule has 61 heavy (non-hydrogen) atoms. The number of allylic oxidation sites excluding steroid dienone is 2. The average Bonchev–Trinajstić information content (AvgIpc) is 3.32. The van der Waals surface area contributed by atoms with Crippen LogP contribution in [0, 0.1) is 35.5 Å². The summed E-state index contributed by atoms with van der Waals surface area (Å²) in [6, 6.07) is 18.4. The first kappa shape index (κ1) is 44.4. The topological polar surface area (TPSA) is 174 Å². The molecule has 10 nitrogen and oxygen atoms in total. The minimum atomic E-state index is -0.937. The number of aromatic hydroxyl groups is 1. The summed E-state index contributed by atoms with van der Waals surface area (Å²) in [4.78, 5) is 25.9.